The molecule has 1 amide bonds. The van der Waals surface area contributed by atoms with E-state index in [1.807, 2.05) is 18.2 Å². The van der Waals surface area contributed by atoms with Crippen LogP contribution in [-0.4, -0.2) is 26.9 Å². The topological polar surface area (TPSA) is 79.8 Å². The van der Waals surface area contributed by atoms with Crippen LogP contribution in [0.15, 0.2) is 36.8 Å². The third-order valence-electron chi connectivity index (χ3n) is 4.27. The number of anilines is 1. The largest absolute Gasteiger partial charge is 0.364 e. The molecule has 0 bridgehead atoms. The number of aromatic nitrogens is 3. The van der Waals surface area contributed by atoms with Crippen molar-refractivity contribution in [2.75, 3.05) is 5.32 Å². The minimum Gasteiger partial charge on any atom is -0.364 e. The van der Waals surface area contributed by atoms with E-state index >= 15 is 0 Å². The van der Waals surface area contributed by atoms with Crippen molar-refractivity contribution in [3.63, 3.8) is 0 Å². The summed E-state index contributed by atoms with van der Waals surface area (Å²) in [5, 5.41) is 6.28. The number of nitrogens with zero attached hydrogens (tertiary/aromatic N) is 3. The maximum Gasteiger partial charge on any atom is 0.270 e. The minimum atomic E-state index is -0.120. The van der Waals surface area contributed by atoms with E-state index in [1.165, 1.54) is 32.0 Å². The highest BCUT2D eigenvalue weighted by atomic mass is 16.1. The molecule has 1 fully saturated rings. The van der Waals surface area contributed by atoms with E-state index in [9.17, 15) is 4.79 Å². The van der Waals surface area contributed by atoms with Gasteiger partial charge in [-0.05, 0) is 25.0 Å². The predicted molar refractivity (Wildman–Crippen MR) is 92.6 cm³/mol. The molecule has 6 nitrogen and oxygen atoms in total. The molecule has 2 heterocycles. The Kier molecular flexibility index (Phi) is 5.71. The van der Waals surface area contributed by atoms with Crippen LogP contribution in [-0.2, 0) is 6.54 Å². The van der Waals surface area contributed by atoms with Crippen molar-refractivity contribution in [3.05, 3.63) is 48.2 Å². The molecular weight excluding hydrogens is 302 g/mol. The summed E-state index contributed by atoms with van der Waals surface area (Å²) in [4.78, 5) is 24.9. The molecule has 126 valence electrons. The molecule has 3 rings (SSSR count). The zero-order valence-corrected chi connectivity index (χ0v) is 13.7. The van der Waals surface area contributed by atoms with Crippen LogP contribution in [0.1, 0.15) is 54.7 Å². The monoisotopic (exact) mass is 325 g/mol. The average Bonchev–Trinajstić information content (AvgIpc) is 2.90. The highest BCUT2D eigenvalue weighted by Crippen LogP contribution is 2.17. The van der Waals surface area contributed by atoms with Gasteiger partial charge >= 0.3 is 0 Å². The molecule has 1 saturated carbocycles. The van der Waals surface area contributed by atoms with Crippen LogP contribution in [0.5, 0.6) is 0 Å². The molecule has 0 aliphatic heterocycles. The number of hydrogen-bond donors (Lipinski definition) is 2. The Hall–Kier alpha value is -2.50. The minimum absolute atomic E-state index is 0.120. The lowest BCUT2D eigenvalue weighted by Gasteiger charge is -2.16. The summed E-state index contributed by atoms with van der Waals surface area (Å²) < 4.78 is 0. The van der Waals surface area contributed by atoms with Crippen molar-refractivity contribution >= 4 is 11.7 Å². The molecule has 24 heavy (non-hydrogen) atoms. The molecular formula is C18H23N5O. The van der Waals surface area contributed by atoms with Gasteiger partial charge in [0.1, 0.15) is 17.8 Å². The van der Waals surface area contributed by atoms with E-state index in [4.69, 9.17) is 0 Å². The summed E-state index contributed by atoms with van der Waals surface area (Å²) in [6.45, 7) is 0.557. The standard InChI is InChI=1S/C18H23N5O/c24-18(23-14-7-3-1-2-4-8-14)16-11-17(22-13-21-16)20-12-15-9-5-6-10-19-15/h5-6,9-11,13-14H,1-4,7-8,12H2,(H,23,24)(H,20,21,22). The fraction of sp³-hybridized carbons (Fsp3) is 0.444. The fourth-order valence-corrected chi connectivity index (χ4v) is 2.95. The first kappa shape index (κ1) is 16.4. The van der Waals surface area contributed by atoms with Crippen LogP contribution in [0.25, 0.3) is 0 Å². The first-order valence-corrected chi connectivity index (χ1v) is 8.58. The Morgan fingerprint density at radius 2 is 1.92 bits per heavy atom. The van der Waals surface area contributed by atoms with Gasteiger partial charge in [-0.3, -0.25) is 9.78 Å². The number of rotatable bonds is 5. The third kappa shape index (κ3) is 4.75. The Bertz CT molecular complexity index is 653. The van der Waals surface area contributed by atoms with Crippen LogP contribution in [0, 0.1) is 0 Å². The van der Waals surface area contributed by atoms with Crippen molar-refractivity contribution in [2.45, 2.75) is 51.1 Å². The lowest BCUT2D eigenvalue weighted by Crippen LogP contribution is -2.34. The summed E-state index contributed by atoms with van der Waals surface area (Å²) in [5.74, 6) is 0.506. The second-order valence-electron chi connectivity index (χ2n) is 6.13. The maximum atomic E-state index is 12.4. The molecule has 2 N–H and O–H groups in total. The van der Waals surface area contributed by atoms with Gasteiger partial charge in [0, 0.05) is 18.3 Å². The summed E-state index contributed by atoms with van der Waals surface area (Å²) in [6.07, 6.45) is 10.2. The molecule has 1 aliphatic carbocycles. The Balaban J connectivity index is 1.58. The van der Waals surface area contributed by atoms with Crippen LogP contribution in [0.4, 0.5) is 5.82 Å². The molecule has 1 aliphatic rings. The van der Waals surface area contributed by atoms with E-state index in [1.54, 1.807) is 12.3 Å². The van der Waals surface area contributed by atoms with Gasteiger partial charge in [-0.15, -0.1) is 0 Å². The van der Waals surface area contributed by atoms with Crippen LogP contribution >= 0.6 is 0 Å². The Morgan fingerprint density at radius 3 is 2.67 bits per heavy atom. The first-order valence-electron chi connectivity index (χ1n) is 8.58. The second-order valence-corrected chi connectivity index (χ2v) is 6.13. The molecule has 2 aromatic rings. The normalized spacial score (nSPS) is 15.5. The average molecular weight is 325 g/mol. The summed E-state index contributed by atoms with van der Waals surface area (Å²) in [7, 11) is 0. The van der Waals surface area contributed by atoms with Gasteiger partial charge in [-0.2, -0.15) is 0 Å². The molecule has 0 saturated heterocycles. The number of hydrogen-bond acceptors (Lipinski definition) is 5. The predicted octanol–water partition coefficient (Wildman–Crippen LogP) is 2.94. The molecule has 0 atom stereocenters. The van der Waals surface area contributed by atoms with Crippen molar-refractivity contribution in [1.82, 2.24) is 20.3 Å². The molecule has 6 heteroatoms. The third-order valence-corrected chi connectivity index (χ3v) is 4.27. The van der Waals surface area contributed by atoms with Gasteiger partial charge in [-0.1, -0.05) is 31.7 Å². The molecule has 0 spiro atoms. The van der Waals surface area contributed by atoms with Crippen molar-refractivity contribution in [3.8, 4) is 0 Å². The van der Waals surface area contributed by atoms with Crippen molar-refractivity contribution in [2.24, 2.45) is 0 Å². The van der Waals surface area contributed by atoms with Gasteiger partial charge in [0.2, 0.25) is 0 Å². The van der Waals surface area contributed by atoms with Crippen molar-refractivity contribution < 1.29 is 4.79 Å². The summed E-state index contributed by atoms with van der Waals surface area (Å²) in [5.41, 5.74) is 1.32. The Morgan fingerprint density at radius 1 is 1.08 bits per heavy atom. The lowest BCUT2D eigenvalue weighted by atomic mass is 10.1. The zero-order valence-electron chi connectivity index (χ0n) is 13.7. The number of carbonyl (C=O) groups is 1. The van der Waals surface area contributed by atoms with Gasteiger partial charge in [0.25, 0.3) is 5.91 Å². The highest BCUT2D eigenvalue weighted by Gasteiger charge is 2.17. The molecule has 2 aromatic heterocycles. The van der Waals surface area contributed by atoms with E-state index in [0.29, 0.717) is 18.1 Å². The quantitative estimate of drug-likeness (QED) is 0.826. The van der Waals surface area contributed by atoms with Gasteiger partial charge in [0.15, 0.2) is 0 Å². The SMILES string of the molecule is O=C(NC1CCCCCC1)c1cc(NCc2ccccn2)ncn1. The fourth-order valence-electron chi connectivity index (χ4n) is 2.95. The number of carbonyl (C=O) groups excluding carboxylic acids is 1. The van der Waals surface area contributed by atoms with E-state index < -0.39 is 0 Å². The summed E-state index contributed by atoms with van der Waals surface area (Å²) >= 11 is 0. The highest BCUT2D eigenvalue weighted by molar-refractivity contribution is 5.93. The van der Waals surface area contributed by atoms with Crippen LogP contribution < -0.4 is 10.6 Å². The van der Waals surface area contributed by atoms with E-state index in [2.05, 4.69) is 25.6 Å². The smallest absolute Gasteiger partial charge is 0.270 e. The Labute approximate surface area is 142 Å². The van der Waals surface area contributed by atoms with Gasteiger partial charge in [-0.25, -0.2) is 9.97 Å². The number of nitrogens with one attached hydrogen (secondary N) is 2. The van der Waals surface area contributed by atoms with Crippen molar-refractivity contribution in [1.29, 1.82) is 0 Å². The van der Waals surface area contributed by atoms with Gasteiger partial charge < -0.3 is 10.6 Å². The maximum absolute atomic E-state index is 12.4. The molecule has 0 radical (unpaired) electrons. The van der Waals surface area contributed by atoms with Crippen LogP contribution in [0.3, 0.4) is 0 Å². The van der Waals surface area contributed by atoms with Crippen LogP contribution in [0.2, 0.25) is 0 Å². The van der Waals surface area contributed by atoms with Gasteiger partial charge in [0.05, 0.1) is 12.2 Å². The zero-order chi connectivity index (χ0) is 16.6. The lowest BCUT2D eigenvalue weighted by molar-refractivity contribution is 0.0928. The number of pyridine rings is 1. The molecule has 0 unspecified atom stereocenters. The van der Waals surface area contributed by atoms with E-state index in [0.717, 1.165) is 18.5 Å². The van der Waals surface area contributed by atoms with E-state index in [-0.39, 0.29) is 11.9 Å². The molecule has 0 aromatic carbocycles. The number of amides is 1. The first-order chi connectivity index (χ1) is 11.8. The summed E-state index contributed by atoms with van der Waals surface area (Å²) in [6, 6.07) is 7.71. The second kappa shape index (κ2) is 8.38.